The van der Waals surface area contributed by atoms with Gasteiger partial charge in [0.25, 0.3) is 0 Å². The summed E-state index contributed by atoms with van der Waals surface area (Å²) in [5.41, 5.74) is 1.22. The van der Waals surface area contributed by atoms with Crippen molar-refractivity contribution >= 4 is 7.80 Å². The minimum absolute atomic E-state index is 0.756. The summed E-state index contributed by atoms with van der Waals surface area (Å²) in [6.07, 6.45) is 2.75. The standard InChI is InChI=1S/C6H12OP/c1-4-6(2)5-8(3)7/h4H,5H2,1-3H3/q+1/b6-4+. The van der Waals surface area contributed by atoms with E-state index in [4.69, 9.17) is 0 Å². The lowest BCUT2D eigenvalue weighted by Gasteiger charge is -1.82. The molecule has 0 aromatic carbocycles. The second-order valence-corrected chi connectivity index (χ2v) is 3.49. The third-order valence-electron chi connectivity index (χ3n) is 0.965. The van der Waals surface area contributed by atoms with E-state index in [9.17, 15) is 4.57 Å². The molecule has 0 radical (unpaired) electrons. The molecule has 0 N–H and O–H groups in total. The van der Waals surface area contributed by atoms with Crippen LogP contribution in [0.3, 0.4) is 0 Å². The zero-order valence-corrected chi connectivity index (χ0v) is 6.53. The summed E-state index contributed by atoms with van der Waals surface area (Å²) in [5, 5.41) is 0. The van der Waals surface area contributed by atoms with Gasteiger partial charge < -0.3 is 0 Å². The Hall–Kier alpha value is -0.160. The van der Waals surface area contributed by atoms with Gasteiger partial charge in [-0.05, 0) is 19.4 Å². The first-order chi connectivity index (χ1) is 3.66. The average Bonchev–Trinajstić information content (AvgIpc) is 1.65. The Kier molecular flexibility index (Phi) is 3.72. The molecule has 0 aromatic heterocycles. The monoisotopic (exact) mass is 131 g/mol. The highest BCUT2D eigenvalue weighted by Crippen LogP contribution is 2.16. The molecule has 1 atom stereocenters. The summed E-state index contributed by atoms with van der Waals surface area (Å²) in [6, 6.07) is 0. The molecular formula is C6H12OP+. The molecule has 0 aliphatic rings. The fourth-order valence-corrected chi connectivity index (χ4v) is 1.33. The van der Waals surface area contributed by atoms with Crippen molar-refractivity contribution in [1.82, 2.24) is 0 Å². The van der Waals surface area contributed by atoms with Crippen LogP contribution in [-0.2, 0) is 4.57 Å². The van der Waals surface area contributed by atoms with Crippen molar-refractivity contribution in [2.75, 3.05) is 12.8 Å². The fourth-order valence-electron chi connectivity index (χ4n) is 0.443. The zero-order valence-electron chi connectivity index (χ0n) is 5.64. The van der Waals surface area contributed by atoms with Crippen LogP contribution >= 0.6 is 7.80 Å². The summed E-state index contributed by atoms with van der Waals surface area (Å²) in [7, 11) is -0.964. The largest absolute Gasteiger partial charge is 0.339 e. The number of allylic oxidation sites excluding steroid dienone is 2. The maximum atomic E-state index is 10.5. The fraction of sp³-hybridized carbons (Fsp3) is 0.667. The van der Waals surface area contributed by atoms with Crippen molar-refractivity contribution in [2.24, 2.45) is 0 Å². The topological polar surface area (TPSA) is 17.1 Å². The molecule has 0 bridgehead atoms. The molecule has 2 heteroatoms. The van der Waals surface area contributed by atoms with Crippen LogP contribution in [0.4, 0.5) is 0 Å². The first-order valence-electron chi connectivity index (χ1n) is 2.67. The lowest BCUT2D eigenvalue weighted by Crippen LogP contribution is -1.76. The van der Waals surface area contributed by atoms with Crippen LogP contribution in [0.2, 0.25) is 0 Å². The molecule has 0 rings (SSSR count). The highest BCUT2D eigenvalue weighted by molar-refractivity contribution is 7.44. The van der Waals surface area contributed by atoms with Crippen LogP contribution in [0.15, 0.2) is 11.6 Å². The van der Waals surface area contributed by atoms with Crippen molar-refractivity contribution < 1.29 is 4.57 Å². The predicted octanol–water partition coefficient (Wildman–Crippen LogP) is 2.41. The Morgan fingerprint density at radius 2 is 2.25 bits per heavy atom. The molecule has 0 saturated heterocycles. The third-order valence-corrected chi connectivity index (χ3v) is 1.91. The molecule has 0 heterocycles. The van der Waals surface area contributed by atoms with Gasteiger partial charge in [-0.2, -0.15) is 0 Å². The van der Waals surface area contributed by atoms with E-state index < -0.39 is 7.80 Å². The average molecular weight is 131 g/mol. The van der Waals surface area contributed by atoms with Gasteiger partial charge in [-0.3, -0.25) is 0 Å². The molecule has 0 fully saturated rings. The molecule has 8 heavy (non-hydrogen) atoms. The minimum atomic E-state index is -0.964. The van der Waals surface area contributed by atoms with Gasteiger partial charge in [-0.1, -0.05) is 10.6 Å². The van der Waals surface area contributed by atoms with E-state index in [2.05, 4.69) is 0 Å². The lowest BCUT2D eigenvalue weighted by atomic mass is 10.3. The van der Waals surface area contributed by atoms with E-state index in [0.29, 0.717) is 0 Å². The quantitative estimate of drug-likeness (QED) is 0.415. The van der Waals surface area contributed by atoms with Crippen molar-refractivity contribution in [3.8, 4) is 0 Å². The minimum Gasteiger partial charge on any atom is -0.0846 e. The Morgan fingerprint density at radius 3 is 2.38 bits per heavy atom. The Balaban J connectivity index is 3.56. The molecule has 0 saturated carbocycles. The van der Waals surface area contributed by atoms with Gasteiger partial charge in [0, 0.05) is 0 Å². The Bertz CT molecular complexity index is 116. The van der Waals surface area contributed by atoms with Crippen LogP contribution in [0.1, 0.15) is 13.8 Å². The molecule has 0 spiro atoms. The van der Waals surface area contributed by atoms with Crippen LogP contribution < -0.4 is 0 Å². The van der Waals surface area contributed by atoms with E-state index in [1.807, 2.05) is 19.9 Å². The van der Waals surface area contributed by atoms with Gasteiger partial charge in [0.1, 0.15) is 6.66 Å². The van der Waals surface area contributed by atoms with E-state index in [1.165, 1.54) is 5.57 Å². The maximum Gasteiger partial charge on any atom is 0.339 e. The summed E-state index contributed by atoms with van der Waals surface area (Å²) < 4.78 is 10.5. The van der Waals surface area contributed by atoms with Gasteiger partial charge in [0.2, 0.25) is 0 Å². The molecule has 1 nitrogen and oxygen atoms in total. The lowest BCUT2D eigenvalue weighted by molar-refractivity contribution is 0.592. The van der Waals surface area contributed by atoms with Crippen LogP contribution in [0, 0.1) is 0 Å². The molecule has 0 amide bonds. The van der Waals surface area contributed by atoms with E-state index in [0.717, 1.165) is 6.16 Å². The second kappa shape index (κ2) is 3.80. The molecule has 0 aliphatic heterocycles. The molecule has 1 unspecified atom stereocenters. The van der Waals surface area contributed by atoms with E-state index in [-0.39, 0.29) is 0 Å². The summed E-state index contributed by atoms with van der Waals surface area (Å²) in [4.78, 5) is 0. The predicted molar refractivity (Wildman–Crippen MR) is 37.8 cm³/mol. The first kappa shape index (κ1) is 7.84. The summed E-state index contributed by atoms with van der Waals surface area (Å²) in [6.45, 7) is 5.72. The van der Waals surface area contributed by atoms with E-state index >= 15 is 0 Å². The highest BCUT2D eigenvalue weighted by atomic mass is 31.1. The van der Waals surface area contributed by atoms with Crippen LogP contribution in [0.5, 0.6) is 0 Å². The number of rotatable bonds is 2. The molecule has 0 aromatic rings. The normalized spacial score (nSPS) is 13.9. The van der Waals surface area contributed by atoms with Gasteiger partial charge >= 0.3 is 7.80 Å². The SMILES string of the molecule is C/C=C(\C)C[P+](C)=O. The summed E-state index contributed by atoms with van der Waals surface area (Å²) >= 11 is 0. The number of hydrogen-bond donors (Lipinski definition) is 0. The number of hydrogen-bond acceptors (Lipinski definition) is 1. The Morgan fingerprint density at radius 1 is 1.75 bits per heavy atom. The van der Waals surface area contributed by atoms with Crippen molar-refractivity contribution in [3.63, 3.8) is 0 Å². The third kappa shape index (κ3) is 4.01. The Labute approximate surface area is 51.6 Å². The maximum absolute atomic E-state index is 10.5. The smallest absolute Gasteiger partial charge is 0.0846 e. The zero-order chi connectivity index (χ0) is 6.57. The molecule has 0 aliphatic carbocycles. The van der Waals surface area contributed by atoms with Crippen molar-refractivity contribution in [2.45, 2.75) is 13.8 Å². The first-order valence-corrected chi connectivity index (χ1v) is 4.56. The molecule has 46 valence electrons. The van der Waals surface area contributed by atoms with Crippen LogP contribution in [0.25, 0.3) is 0 Å². The second-order valence-electron chi connectivity index (χ2n) is 1.92. The van der Waals surface area contributed by atoms with Gasteiger partial charge in [0.15, 0.2) is 6.16 Å². The van der Waals surface area contributed by atoms with Crippen LogP contribution in [-0.4, -0.2) is 12.8 Å². The van der Waals surface area contributed by atoms with Gasteiger partial charge in [0.05, 0.1) is 0 Å². The van der Waals surface area contributed by atoms with Crippen molar-refractivity contribution in [1.29, 1.82) is 0 Å². The van der Waals surface area contributed by atoms with Gasteiger partial charge in [-0.15, -0.1) is 0 Å². The van der Waals surface area contributed by atoms with E-state index in [1.54, 1.807) is 6.66 Å². The highest BCUT2D eigenvalue weighted by Gasteiger charge is 2.03. The summed E-state index contributed by atoms with van der Waals surface area (Å²) in [5.74, 6) is 0. The van der Waals surface area contributed by atoms with Gasteiger partial charge in [-0.25, -0.2) is 0 Å². The molecular weight excluding hydrogens is 119 g/mol. The van der Waals surface area contributed by atoms with Crippen molar-refractivity contribution in [3.05, 3.63) is 11.6 Å².